The first-order chi connectivity index (χ1) is 12.5. The van der Waals surface area contributed by atoms with Crippen LogP contribution in [0.25, 0.3) is 0 Å². The molecule has 0 saturated heterocycles. The summed E-state index contributed by atoms with van der Waals surface area (Å²) in [7, 11) is 1.74. The van der Waals surface area contributed by atoms with Crippen LogP contribution in [0.1, 0.15) is 17.5 Å². The Balaban J connectivity index is 1.70. The summed E-state index contributed by atoms with van der Waals surface area (Å²) in [5.74, 6) is -0.530. The van der Waals surface area contributed by atoms with Gasteiger partial charge in [-0.1, -0.05) is 42.5 Å². The van der Waals surface area contributed by atoms with Crippen LogP contribution in [0, 0.1) is 0 Å². The molecule has 0 fully saturated rings. The summed E-state index contributed by atoms with van der Waals surface area (Å²) in [6.07, 6.45) is 0.323. The van der Waals surface area contributed by atoms with Gasteiger partial charge in [0.2, 0.25) is 5.91 Å². The van der Waals surface area contributed by atoms with E-state index >= 15 is 0 Å². The lowest BCUT2D eigenvalue weighted by atomic mass is 10.2. The Morgan fingerprint density at radius 3 is 2.35 bits per heavy atom. The molecule has 2 aromatic rings. The number of carbonyl (C=O) groups is 2. The van der Waals surface area contributed by atoms with Crippen molar-refractivity contribution >= 4 is 11.9 Å². The van der Waals surface area contributed by atoms with E-state index in [0.29, 0.717) is 31.9 Å². The number of carbonyl (C=O) groups excluding carboxylic acids is 1. The summed E-state index contributed by atoms with van der Waals surface area (Å²) in [6, 6.07) is 16.8. The molecular weight excluding hydrogens is 334 g/mol. The molecule has 0 heterocycles. The van der Waals surface area contributed by atoms with E-state index in [2.05, 4.69) is 0 Å². The average Bonchev–Trinajstić information content (AvgIpc) is 2.65. The van der Waals surface area contributed by atoms with E-state index in [1.807, 2.05) is 42.5 Å². The van der Waals surface area contributed by atoms with E-state index in [9.17, 15) is 9.59 Å². The van der Waals surface area contributed by atoms with Crippen molar-refractivity contribution in [3.8, 4) is 5.75 Å². The second-order valence-electron chi connectivity index (χ2n) is 5.86. The van der Waals surface area contributed by atoms with Crippen LogP contribution in [0.5, 0.6) is 5.75 Å². The minimum absolute atomic E-state index is 0.00395. The maximum Gasteiger partial charge on any atom is 0.341 e. The van der Waals surface area contributed by atoms with Gasteiger partial charge in [0.05, 0.1) is 19.6 Å². The van der Waals surface area contributed by atoms with Crippen molar-refractivity contribution in [2.45, 2.75) is 19.6 Å². The Morgan fingerprint density at radius 1 is 1.00 bits per heavy atom. The van der Waals surface area contributed by atoms with Crippen LogP contribution in [-0.2, 0) is 27.5 Å². The minimum atomic E-state index is -1.02. The van der Waals surface area contributed by atoms with Crippen LogP contribution in [-0.4, -0.2) is 42.1 Å². The zero-order chi connectivity index (χ0) is 18.8. The molecule has 6 heteroatoms. The van der Waals surface area contributed by atoms with Gasteiger partial charge in [-0.3, -0.25) is 4.79 Å². The number of benzene rings is 2. The van der Waals surface area contributed by atoms with E-state index in [0.717, 1.165) is 11.1 Å². The lowest BCUT2D eigenvalue weighted by Gasteiger charge is -2.17. The predicted octanol–water partition coefficient (Wildman–Crippen LogP) is 2.72. The average molecular weight is 357 g/mol. The molecule has 0 aromatic heterocycles. The number of rotatable bonds is 10. The summed E-state index contributed by atoms with van der Waals surface area (Å²) in [5.41, 5.74) is 2.02. The van der Waals surface area contributed by atoms with Crippen molar-refractivity contribution in [2.24, 2.45) is 0 Å². The number of hydrogen-bond acceptors (Lipinski definition) is 4. The molecule has 0 atom stereocenters. The quantitative estimate of drug-likeness (QED) is 0.662. The van der Waals surface area contributed by atoms with Gasteiger partial charge in [-0.05, 0) is 23.3 Å². The van der Waals surface area contributed by atoms with Gasteiger partial charge in [-0.25, -0.2) is 4.79 Å². The maximum absolute atomic E-state index is 12.2. The number of carboxylic acid groups (broad SMARTS) is 1. The third-order valence-electron chi connectivity index (χ3n) is 3.70. The highest BCUT2D eigenvalue weighted by atomic mass is 16.5. The fraction of sp³-hybridized carbons (Fsp3) is 0.300. The highest BCUT2D eigenvalue weighted by Gasteiger charge is 2.09. The maximum atomic E-state index is 12.2. The van der Waals surface area contributed by atoms with Gasteiger partial charge in [0.25, 0.3) is 0 Å². The van der Waals surface area contributed by atoms with Crippen LogP contribution in [0.4, 0.5) is 0 Å². The van der Waals surface area contributed by atoms with Crippen molar-refractivity contribution in [1.82, 2.24) is 4.90 Å². The van der Waals surface area contributed by atoms with Gasteiger partial charge < -0.3 is 19.5 Å². The van der Waals surface area contributed by atoms with E-state index < -0.39 is 5.97 Å². The molecule has 26 heavy (non-hydrogen) atoms. The van der Waals surface area contributed by atoms with Crippen molar-refractivity contribution in [1.29, 1.82) is 0 Å². The van der Waals surface area contributed by atoms with Crippen LogP contribution >= 0.6 is 0 Å². The molecule has 0 aliphatic heterocycles. The van der Waals surface area contributed by atoms with E-state index in [1.165, 1.54) is 0 Å². The van der Waals surface area contributed by atoms with E-state index in [1.54, 1.807) is 24.1 Å². The summed E-state index contributed by atoms with van der Waals surface area (Å²) < 4.78 is 10.6. The largest absolute Gasteiger partial charge is 0.482 e. The highest BCUT2D eigenvalue weighted by molar-refractivity contribution is 5.76. The Hall–Kier alpha value is -2.86. The monoisotopic (exact) mass is 357 g/mol. The summed E-state index contributed by atoms with van der Waals surface area (Å²) >= 11 is 0. The van der Waals surface area contributed by atoms with Crippen LogP contribution in [0.2, 0.25) is 0 Å². The summed E-state index contributed by atoms with van der Waals surface area (Å²) in [4.78, 5) is 24.3. The first-order valence-corrected chi connectivity index (χ1v) is 8.34. The molecule has 0 bridgehead atoms. The summed E-state index contributed by atoms with van der Waals surface area (Å²) in [6.45, 7) is 0.965. The minimum Gasteiger partial charge on any atom is -0.482 e. The number of ether oxygens (including phenoxy) is 2. The molecule has 6 nitrogen and oxygen atoms in total. The molecule has 1 amide bonds. The number of nitrogens with zero attached hydrogens (tertiary/aromatic N) is 1. The Labute approximate surface area is 153 Å². The zero-order valence-corrected chi connectivity index (χ0v) is 14.8. The number of carboxylic acids is 1. The molecule has 1 N–H and O–H groups in total. The molecule has 2 rings (SSSR count). The third kappa shape index (κ3) is 6.94. The Bertz CT molecular complexity index is 700. The van der Waals surface area contributed by atoms with Gasteiger partial charge in [0.15, 0.2) is 6.61 Å². The smallest absolute Gasteiger partial charge is 0.341 e. The molecule has 0 radical (unpaired) electrons. The fourth-order valence-corrected chi connectivity index (χ4v) is 2.31. The van der Waals surface area contributed by atoms with Crippen LogP contribution in [0.3, 0.4) is 0 Å². The Kier molecular flexibility index (Phi) is 7.64. The molecule has 0 saturated carbocycles. The Morgan fingerprint density at radius 2 is 1.69 bits per heavy atom. The third-order valence-corrected chi connectivity index (χ3v) is 3.70. The van der Waals surface area contributed by atoms with Crippen molar-refractivity contribution in [2.75, 3.05) is 20.3 Å². The molecule has 0 aliphatic carbocycles. The van der Waals surface area contributed by atoms with Crippen LogP contribution < -0.4 is 4.74 Å². The number of aliphatic carboxylic acids is 1. The summed E-state index contributed by atoms with van der Waals surface area (Å²) in [5, 5.41) is 8.58. The van der Waals surface area contributed by atoms with E-state index in [-0.39, 0.29) is 12.5 Å². The van der Waals surface area contributed by atoms with Crippen molar-refractivity contribution < 1.29 is 24.2 Å². The molecule has 0 spiro atoms. The molecule has 138 valence electrons. The van der Waals surface area contributed by atoms with Gasteiger partial charge in [0.1, 0.15) is 5.75 Å². The first-order valence-electron chi connectivity index (χ1n) is 8.34. The molecular formula is C20H23NO5. The predicted molar refractivity (Wildman–Crippen MR) is 96.8 cm³/mol. The second-order valence-corrected chi connectivity index (χ2v) is 5.86. The van der Waals surface area contributed by atoms with Crippen molar-refractivity contribution in [3.05, 3.63) is 65.7 Å². The number of hydrogen-bond donors (Lipinski definition) is 1. The molecule has 2 aromatic carbocycles. The fourth-order valence-electron chi connectivity index (χ4n) is 2.31. The van der Waals surface area contributed by atoms with Gasteiger partial charge in [0, 0.05) is 13.6 Å². The molecule has 0 unspecified atom stereocenters. The zero-order valence-electron chi connectivity index (χ0n) is 14.8. The lowest BCUT2D eigenvalue weighted by Crippen LogP contribution is -2.27. The van der Waals surface area contributed by atoms with Gasteiger partial charge >= 0.3 is 5.97 Å². The SMILES string of the molecule is CN(Cc1ccc(OCC(=O)O)cc1)C(=O)CCOCc1ccccc1. The van der Waals surface area contributed by atoms with E-state index in [4.69, 9.17) is 14.6 Å². The van der Waals surface area contributed by atoms with Crippen LogP contribution in [0.15, 0.2) is 54.6 Å². The molecule has 0 aliphatic rings. The van der Waals surface area contributed by atoms with Crippen molar-refractivity contribution in [3.63, 3.8) is 0 Å². The topological polar surface area (TPSA) is 76.1 Å². The normalized spacial score (nSPS) is 10.3. The first kappa shape index (κ1) is 19.5. The second kappa shape index (κ2) is 10.2. The highest BCUT2D eigenvalue weighted by Crippen LogP contribution is 2.13. The van der Waals surface area contributed by atoms with Gasteiger partial charge in [-0.2, -0.15) is 0 Å². The van der Waals surface area contributed by atoms with Gasteiger partial charge in [-0.15, -0.1) is 0 Å². The standard InChI is InChI=1S/C20H23NO5/c1-21(13-16-7-9-18(10-8-16)26-15-20(23)24)19(22)11-12-25-14-17-5-3-2-4-6-17/h2-10H,11-15H2,1H3,(H,23,24). The number of amides is 1. The lowest BCUT2D eigenvalue weighted by molar-refractivity contribution is -0.139.